The molecule has 0 saturated carbocycles. The van der Waals surface area contributed by atoms with Crippen LogP contribution in [0.25, 0.3) is 0 Å². The number of hydrogen-bond donors (Lipinski definition) is 0. The van der Waals surface area contributed by atoms with E-state index in [2.05, 4.69) is 48.0 Å². The fourth-order valence-corrected chi connectivity index (χ4v) is 3.95. The molecule has 5 rings (SSSR count). The Morgan fingerprint density at radius 3 is 2.55 bits per heavy atom. The van der Waals surface area contributed by atoms with Crippen molar-refractivity contribution in [3.63, 3.8) is 0 Å². The predicted octanol–water partition coefficient (Wildman–Crippen LogP) is 5.49. The van der Waals surface area contributed by atoms with Crippen molar-refractivity contribution in [2.24, 2.45) is 5.10 Å². The van der Waals surface area contributed by atoms with E-state index in [1.54, 1.807) is 6.08 Å². The fourth-order valence-electron chi connectivity index (χ4n) is 3.95. The molecule has 4 nitrogen and oxygen atoms in total. The molecule has 0 fully saturated rings. The SMILES string of the molecule is C=CCOc1ccc(C2=NN3[C@@H](C2)c2ccccc2O[C@H]3c2ccccc2)cc1. The minimum atomic E-state index is -0.233. The van der Waals surface area contributed by atoms with Gasteiger partial charge in [0.1, 0.15) is 18.1 Å². The maximum atomic E-state index is 6.37. The highest BCUT2D eigenvalue weighted by molar-refractivity contribution is 6.02. The van der Waals surface area contributed by atoms with Crippen LogP contribution in [0.4, 0.5) is 0 Å². The second-order valence-corrected chi connectivity index (χ2v) is 7.19. The van der Waals surface area contributed by atoms with Gasteiger partial charge in [-0.3, -0.25) is 0 Å². The zero-order valence-corrected chi connectivity index (χ0v) is 16.1. The summed E-state index contributed by atoms with van der Waals surface area (Å²) in [5, 5.41) is 7.10. The first kappa shape index (κ1) is 17.6. The number of ether oxygens (including phenoxy) is 2. The van der Waals surface area contributed by atoms with Crippen LogP contribution in [0, 0.1) is 0 Å². The van der Waals surface area contributed by atoms with Gasteiger partial charge in [-0.25, -0.2) is 5.01 Å². The first-order valence-electron chi connectivity index (χ1n) is 9.84. The van der Waals surface area contributed by atoms with Gasteiger partial charge in [0.15, 0.2) is 0 Å². The van der Waals surface area contributed by atoms with Gasteiger partial charge < -0.3 is 9.47 Å². The normalized spacial score (nSPS) is 19.6. The largest absolute Gasteiger partial charge is 0.490 e. The van der Waals surface area contributed by atoms with Crippen molar-refractivity contribution >= 4 is 5.71 Å². The summed E-state index contributed by atoms with van der Waals surface area (Å²) in [6.07, 6.45) is 2.36. The molecule has 4 heteroatoms. The fraction of sp³-hybridized carbons (Fsp3) is 0.160. The van der Waals surface area contributed by atoms with Crippen LogP contribution in [-0.2, 0) is 0 Å². The van der Waals surface area contributed by atoms with Crippen molar-refractivity contribution in [1.82, 2.24) is 5.01 Å². The Balaban J connectivity index is 1.49. The summed E-state index contributed by atoms with van der Waals surface area (Å²) in [5.74, 6) is 1.77. The lowest BCUT2D eigenvalue weighted by molar-refractivity contribution is -0.0190. The smallest absolute Gasteiger partial charge is 0.213 e. The lowest BCUT2D eigenvalue weighted by Gasteiger charge is -2.38. The molecule has 144 valence electrons. The van der Waals surface area contributed by atoms with Crippen LogP contribution in [0.5, 0.6) is 11.5 Å². The maximum absolute atomic E-state index is 6.37. The van der Waals surface area contributed by atoms with Gasteiger partial charge in [0.2, 0.25) is 6.23 Å². The molecule has 2 aliphatic heterocycles. The summed E-state index contributed by atoms with van der Waals surface area (Å²) in [4.78, 5) is 0. The van der Waals surface area contributed by atoms with Gasteiger partial charge in [0, 0.05) is 17.5 Å². The van der Waals surface area contributed by atoms with E-state index in [1.165, 1.54) is 5.56 Å². The highest BCUT2D eigenvalue weighted by Gasteiger charge is 2.40. The number of rotatable bonds is 5. The number of hydrogen-bond acceptors (Lipinski definition) is 4. The number of hydrazone groups is 1. The summed E-state index contributed by atoms with van der Waals surface area (Å²) in [6, 6.07) is 26.8. The average Bonchev–Trinajstić information content (AvgIpc) is 3.24. The Labute approximate surface area is 170 Å². The van der Waals surface area contributed by atoms with E-state index in [9.17, 15) is 0 Å². The van der Waals surface area contributed by atoms with Gasteiger partial charge in [0.25, 0.3) is 0 Å². The molecule has 2 atom stereocenters. The van der Waals surface area contributed by atoms with Gasteiger partial charge in [-0.15, -0.1) is 0 Å². The van der Waals surface area contributed by atoms with Gasteiger partial charge in [0.05, 0.1) is 11.8 Å². The zero-order valence-electron chi connectivity index (χ0n) is 16.1. The molecule has 0 aliphatic carbocycles. The minimum Gasteiger partial charge on any atom is -0.490 e. The van der Waals surface area contributed by atoms with Crippen molar-refractivity contribution in [2.75, 3.05) is 6.61 Å². The molecule has 0 aromatic heterocycles. The summed E-state index contributed by atoms with van der Waals surface area (Å²) in [6.45, 7) is 4.19. The van der Waals surface area contributed by atoms with Crippen LogP contribution in [0.15, 0.2) is 96.6 Å². The predicted molar refractivity (Wildman–Crippen MR) is 114 cm³/mol. The lowest BCUT2D eigenvalue weighted by Crippen LogP contribution is -2.33. The lowest BCUT2D eigenvalue weighted by atomic mass is 9.96. The number of nitrogens with zero attached hydrogens (tertiary/aromatic N) is 2. The molecule has 3 aromatic rings. The molecule has 0 N–H and O–H groups in total. The summed E-state index contributed by atoms with van der Waals surface area (Å²) in [7, 11) is 0. The van der Waals surface area contributed by atoms with Crippen LogP contribution in [0.1, 0.15) is 35.4 Å². The quantitative estimate of drug-likeness (QED) is 0.547. The van der Waals surface area contributed by atoms with Gasteiger partial charge >= 0.3 is 0 Å². The molecule has 0 bridgehead atoms. The topological polar surface area (TPSA) is 34.1 Å². The Morgan fingerprint density at radius 1 is 1.00 bits per heavy atom. The second kappa shape index (κ2) is 7.47. The molecule has 0 spiro atoms. The van der Waals surface area contributed by atoms with E-state index in [4.69, 9.17) is 14.6 Å². The van der Waals surface area contributed by atoms with Gasteiger partial charge in [-0.2, -0.15) is 5.10 Å². The molecule has 2 aliphatic rings. The molecule has 2 heterocycles. The molecule has 29 heavy (non-hydrogen) atoms. The Morgan fingerprint density at radius 2 is 1.76 bits per heavy atom. The molecule has 0 saturated heterocycles. The van der Waals surface area contributed by atoms with Crippen LogP contribution in [-0.4, -0.2) is 17.3 Å². The van der Waals surface area contributed by atoms with Crippen LogP contribution >= 0.6 is 0 Å². The van der Waals surface area contributed by atoms with Crippen LogP contribution in [0.2, 0.25) is 0 Å². The summed E-state index contributed by atoms with van der Waals surface area (Å²) < 4.78 is 12.0. The van der Waals surface area contributed by atoms with Crippen LogP contribution in [0.3, 0.4) is 0 Å². The average molecular weight is 382 g/mol. The first-order valence-corrected chi connectivity index (χ1v) is 9.84. The number of benzene rings is 3. The van der Waals surface area contributed by atoms with Crippen molar-refractivity contribution < 1.29 is 9.47 Å². The Hall–Kier alpha value is -3.53. The minimum absolute atomic E-state index is 0.164. The summed E-state index contributed by atoms with van der Waals surface area (Å²) in [5.41, 5.74) is 4.45. The first-order chi connectivity index (χ1) is 14.3. The third kappa shape index (κ3) is 3.27. The van der Waals surface area contributed by atoms with Gasteiger partial charge in [-0.1, -0.05) is 61.2 Å². The van der Waals surface area contributed by atoms with E-state index in [0.717, 1.165) is 34.8 Å². The molecular formula is C25H22N2O2. The van der Waals surface area contributed by atoms with Crippen molar-refractivity contribution in [1.29, 1.82) is 0 Å². The maximum Gasteiger partial charge on any atom is 0.213 e. The van der Waals surface area contributed by atoms with Gasteiger partial charge in [-0.05, 0) is 35.9 Å². The molecule has 0 amide bonds. The number of para-hydroxylation sites is 1. The highest BCUT2D eigenvalue weighted by atomic mass is 16.5. The molecular weight excluding hydrogens is 360 g/mol. The molecule has 0 radical (unpaired) electrons. The Kier molecular flexibility index (Phi) is 4.53. The van der Waals surface area contributed by atoms with Crippen LogP contribution < -0.4 is 9.47 Å². The van der Waals surface area contributed by atoms with Crippen molar-refractivity contribution in [2.45, 2.75) is 18.7 Å². The Bertz CT molecular complexity index is 1040. The van der Waals surface area contributed by atoms with E-state index in [0.29, 0.717) is 6.61 Å². The monoisotopic (exact) mass is 382 g/mol. The van der Waals surface area contributed by atoms with Crippen molar-refractivity contribution in [3.8, 4) is 11.5 Å². The highest BCUT2D eigenvalue weighted by Crippen LogP contribution is 2.47. The summed E-state index contributed by atoms with van der Waals surface area (Å²) >= 11 is 0. The van der Waals surface area contributed by atoms with E-state index < -0.39 is 0 Å². The molecule has 3 aromatic carbocycles. The van der Waals surface area contributed by atoms with E-state index >= 15 is 0 Å². The standard InChI is InChI=1S/C25H22N2O2/c1-2-16-28-20-14-12-18(13-15-20)22-17-23-21-10-6-7-11-24(21)29-25(27(23)26-22)19-8-4-3-5-9-19/h2-15,23,25H,1,16-17H2/t23-,25-/m0/s1. The zero-order chi connectivity index (χ0) is 19.6. The third-order valence-electron chi connectivity index (χ3n) is 5.34. The number of fused-ring (bicyclic) bond motifs is 3. The third-order valence-corrected chi connectivity index (χ3v) is 5.34. The van der Waals surface area contributed by atoms with Crippen molar-refractivity contribution in [3.05, 3.63) is 108 Å². The second-order valence-electron chi connectivity index (χ2n) is 7.19. The molecule has 0 unspecified atom stereocenters. The van der Waals surface area contributed by atoms with E-state index in [1.807, 2.05) is 42.5 Å². The van der Waals surface area contributed by atoms with E-state index in [-0.39, 0.29) is 12.3 Å².